The van der Waals surface area contributed by atoms with Crippen LogP contribution in [0.5, 0.6) is 11.5 Å². The molecule has 1 amide bonds. The number of carboxylic acid groups (broad SMARTS) is 1. The zero-order valence-electron chi connectivity index (χ0n) is 15.6. The summed E-state index contributed by atoms with van der Waals surface area (Å²) in [4.78, 5) is 28.0. The van der Waals surface area contributed by atoms with E-state index in [0.717, 1.165) is 5.56 Å². The molecular weight excluding hydrogens is 472 g/mol. The van der Waals surface area contributed by atoms with Crippen molar-refractivity contribution in [3.8, 4) is 23.8 Å². The first kappa shape index (κ1) is 21.5. The van der Waals surface area contributed by atoms with Crippen molar-refractivity contribution in [2.24, 2.45) is 4.99 Å². The Morgan fingerprint density at radius 2 is 2.10 bits per heavy atom. The van der Waals surface area contributed by atoms with Crippen molar-refractivity contribution in [2.75, 3.05) is 13.7 Å². The highest BCUT2D eigenvalue weighted by atomic mass is 79.9. The van der Waals surface area contributed by atoms with Gasteiger partial charge in [-0.05, 0) is 75.7 Å². The number of benzene rings is 2. The van der Waals surface area contributed by atoms with E-state index in [-0.39, 0.29) is 18.1 Å². The standard InChI is InChI=1S/C21H15BrN2O5S/c1-3-8-29-18-15(22)9-12(10-16(18)28-2)11-17-19(25)24-21(30-17)23-14-6-4-13(5-7-14)20(26)27/h1,4-7,9-11H,8H2,2H3,(H,26,27)(H,23,24,25)/b17-11-. The molecule has 0 atom stereocenters. The number of carboxylic acids is 1. The van der Waals surface area contributed by atoms with E-state index >= 15 is 0 Å². The summed E-state index contributed by atoms with van der Waals surface area (Å²) in [5.74, 6) is 2.05. The lowest BCUT2D eigenvalue weighted by molar-refractivity contribution is -0.115. The smallest absolute Gasteiger partial charge is 0.335 e. The number of aliphatic imine (C=N–C) groups is 1. The molecule has 0 unspecified atom stereocenters. The third kappa shape index (κ3) is 5.03. The predicted molar refractivity (Wildman–Crippen MR) is 119 cm³/mol. The lowest BCUT2D eigenvalue weighted by Crippen LogP contribution is -2.19. The van der Waals surface area contributed by atoms with Crippen LogP contribution in [0.1, 0.15) is 15.9 Å². The number of hydrogen-bond donors (Lipinski definition) is 2. The van der Waals surface area contributed by atoms with E-state index in [9.17, 15) is 9.59 Å². The fourth-order valence-corrected chi connectivity index (χ4v) is 3.92. The molecule has 2 aromatic rings. The Labute approximate surface area is 185 Å². The van der Waals surface area contributed by atoms with Crippen LogP contribution in [0.3, 0.4) is 0 Å². The highest BCUT2D eigenvalue weighted by molar-refractivity contribution is 9.10. The van der Waals surface area contributed by atoms with Gasteiger partial charge in [0.15, 0.2) is 16.7 Å². The molecule has 1 fully saturated rings. The van der Waals surface area contributed by atoms with Crippen molar-refractivity contribution in [1.29, 1.82) is 0 Å². The first-order valence-electron chi connectivity index (χ1n) is 8.48. The average Bonchev–Trinajstić information content (AvgIpc) is 3.05. The first-order chi connectivity index (χ1) is 14.4. The summed E-state index contributed by atoms with van der Waals surface area (Å²) in [6.45, 7) is 0.0981. The molecule has 3 rings (SSSR count). The maximum atomic E-state index is 12.3. The van der Waals surface area contributed by atoms with Gasteiger partial charge in [-0.15, -0.1) is 6.42 Å². The van der Waals surface area contributed by atoms with Crippen molar-refractivity contribution in [3.63, 3.8) is 0 Å². The molecule has 7 nitrogen and oxygen atoms in total. The Bertz CT molecular complexity index is 1100. The Morgan fingerprint density at radius 1 is 1.37 bits per heavy atom. The van der Waals surface area contributed by atoms with Gasteiger partial charge in [0.1, 0.15) is 6.61 Å². The summed E-state index contributed by atoms with van der Waals surface area (Å²) in [7, 11) is 1.51. The number of nitrogens with one attached hydrogen (secondary N) is 1. The Hall–Kier alpha value is -3.22. The number of rotatable bonds is 6. The predicted octanol–water partition coefficient (Wildman–Crippen LogP) is 4.06. The minimum absolute atomic E-state index is 0.0981. The number of terminal acetylenes is 1. The van der Waals surface area contributed by atoms with E-state index in [0.29, 0.717) is 31.7 Å². The Balaban J connectivity index is 1.83. The molecule has 0 aromatic heterocycles. The maximum Gasteiger partial charge on any atom is 0.335 e. The van der Waals surface area contributed by atoms with E-state index in [1.165, 1.54) is 31.0 Å². The van der Waals surface area contributed by atoms with Crippen LogP contribution in [0.2, 0.25) is 0 Å². The minimum atomic E-state index is -1.01. The number of carbonyl (C=O) groups is 2. The highest BCUT2D eigenvalue weighted by Gasteiger charge is 2.24. The van der Waals surface area contributed by atoms with Crippen LogP contribution in [-0.4, -0.2) is 35.9 Å². The molecule has 2 N–H and O–H groups in total. The fraction of sp³-hybridized carbons (Fsp3) is 0.0952. The van der Waals surface area contributed by atoms with Gasteiger partial charge in [-0.3, -0.25) is 4.79 Å². The van der Waals surface area contributed by atoms with Crippen molar-refractivity contribution in [1.82, 2.24) is 5.32 Å². The zero-order valence-corrected chi connectivity index (χ0v) is 18.0. The lowest BCUT2D eigenvalue weighted by Gasteiger charge is -2.12. The molecule has 0 aliphatic carbocycles. The molecule has 2 aromatic carbocycles. The van der Waals surface area contributed by atoms with Crippen LogP contribution in [-0.2, 0) is 4.79 Å². The van der Waals surface area contributed by atoms with E-state index in [1.807, 2.05) is 0 Å². The number of ether oxygens (including phenoxy) is 2. The van der Waals surface area contributed by atoms with Crippen molar-refractivity contribution < 1.29 is 24.2 Å². The SMILES string of the molecule is C#CCOc1c(Br)cc(/C=C2\SC(=Nc3ccc(C(=O)O)cc3)NC2=O)cc1OC. The Kier molecular flexibility index (Phi) is 6.82. The molecule has 30 heavy (non-hydrogen) atoms. The zero-order chi connectivity index (χ0) is 21.7. The van der Waals surface area contributed by atoms with Crippen molar-refractivity contribution in [2.45, 2.75) is 0 Å². The third-order valence-electron chi connectivity index (χ3n) is 3.85. The van der Waals surface area contributed by atoms with Gasteiger partial charge in [-0.1, -0.05) is 5.92 Å². The molecule has 0 radical (unpaired) electrons. The van der Waals surface area contributed by atoms with E-state index in [4.69, 9.17) is 21.0 Å². The summed E-state index contributed by atoms with van der Waals surface area (Å²) >= 11 is 4.61. The van der Waals surface area contributed by atoms with Gasteiger partial charge in [-0.25, -0.2) is 9.79 Å². The monoisotopic (exact) mass is 486 g/mol. The third-order valence-corrected chi connectivity index (χ3v) is 5.34. The summed E-state index contributed by atoms with van der Waals surface area (Å²) in [5.41, 5.74) is 1.41. The second-order valence-electron chi connectivity index (χ2n) is 5.86. The number of hydrogen-bond acceptors (Lipinski definition) is 6. The normalized spacial score (nSPS) is 15.7. The molecule has 1 aliphatic rings. The molecular formula is C21H15BrN2O5S. The summed E-state index contributed by atoms with van der Waals surface area (Å²) < 4.78 is 11.5. The number of carbonyl (C=O) groups excluding carboxylic acids is 1. The molecule has 152 valence electrons. The number of amidine groups is 1. The fourth-order valence-electron chi connectivity index (χ4n) is 2.50. The Morgan fingerprint density at radius 3 is 2.73 bits per heavy atom. The molecule has 0 spiro atoms. The van der Waals surface area contributed by atoms with Crippen LogP contribution in [0.15, 0.2) is 50.8 Å². The second-order valence-corrected chi connectivity index (χ2v) is 7.75. The van der Waals surface area contributed by atoms with Gasteiger partial charge in [0, 0.05) is 0 Å². The van der Waals surface area contributed by atoms with Crippen LogP contribution < -0.4 is 14.8 Å². The molecule has 9 heteroatoms. The van der Waals surface area contributed by atoms with Crippen LogP contribution >= 0.6 is 27.7 Å². The maximum absolute atomic E-state index is 12.3. The summed E-state index contributed by atoms with van der Waals surface area (Å²) in [6, 6.07) is 9.57. The van der Waals surface area contributed by atoms with Crippen LogP contribution in [0, 0.1) is 12.3 Å². The van der Waals surface area contributed by atoms with Gasteiger partial charge < -0.3 is 19.9 Å². The van der Waals surface area contributed by atoms with Gasteiger partial charge in [0.25, 0.3) is 5.91 Å². The quantitative estimate of drug-likeness (QED) is 0.471. The van der Waals surface area contributed by atoms with Gasteiger partial charge in [-0.2, -0.15) is 0 Å². The van der Waals surface area contributed by atoms with Crippen LogP contribution in [0.25, 0.3) is 6.08 Å². The van der Waals surface area contributed by atoms with Crippen molar-refractivity contribution in [3.05, 3.63) is 56.9 Å². The number of thioether (sulfide) groups is 1. The highest BCUT2D eigenvalue weighted by Crippen LogP contribution is 2.38. The van der Waals surface area contributed by atoms with E-state index < -0.39 is 5.97 Å². The second kappa shape index (κ2) is 9.52. The number of methoxy groups -OCH3 is 1. The van der Waals surface area contributed by atoms with Gasteiger partial charge in [0.05, 0.1) is 27.7 Å². The molecule has 0 bridgehead atoms. The summed E-state index contributed by atoms with van der Waals surface area (Å²) in [6.07, 6.45) is 6.94. The largest absolute Gasteiger partial charge is 0.493 e. The first-order valence-corrected chi connectivity index (χ1v) is 10.1. The van der Waals surface area contributed by atoms with Crippen molar-refractivity contribution >= 4 is 56.5 Å². The minimum Gasteiger partial charge on any atom is -0.493 e. The molecule has 1 saturated heterocycles. The topological polar surface area (TPSA) is 97.2 Å². The average molecular weight is 487 g/mol. The lowest BCUT2D eigenvalue weighted by atomic mass is 10.2. The molecule has 0 saturated carbocycles. The number of halogens is 1. The molecule has 1 heterocycles. The molecule has 1 aliphatic heterocycles. The van der Waals surface area contributed by atoms with E-state index in [1.54, 1.807) is 30.3 Å². The number of aromatic carboxylic acids is 1. The number of amides is 1. The van der Waals surface area contributed by atoms with Gasteiger partial charge in [0.2, 0.25) is 0 Å². The summed E-state index contributed by atoms with van der Waals surface area (Å²) in [5, 5.41) is 12.0. The number of nitrogens with zero attached hydrogens (tertiary/aromatic N) is 1. The van der Waals surface area contributed by atoms with Crippen LogP contribution in [0.4, 0.5) is 5.69 Å². The van der Waals surface area contributed by atoms with Gasteiger partial charge >= 0.3 is 5.97 Å². The van der Waals surface area contributed by atoms with E-state index in [2.05, 4.69) is 32.2 Å².